The lowest BCUT2D eigenvalue weighted by Crippen LogP contribution is -1.98. The minimum atomic E-state index is 0.399. The third-order valence-electron chi connectivity index (χ3n) is 2.50. The highest BCUT2D eigenvalue weighted by Gasteiger charge is 2.00. The van der Waals surface area contributed by atoms with Crippen LogP contribution < -0.4 is 0 Å². The standard InChI is InChI=1S/C14H19N/c1-11(2)14-9-7-5-6-8-12(3)13(4)10-15-14/h5-10,13H,1-4H3/b6-5-,9-7-,12-8-,15-10?. The summed E-state index contributed by atoms with van der Waals surface area (Å²) in [5.74, 6) is 0.399. The van der Waals surface area contributed by atoms with Gasteiger partial charge in [-0.25, -0.2) is 0 Å². The summed E-state index contributed by atoms with van der Waals surface area (Å²) >= 11 is 0. The van der Waals surface area contributed by atoms with Crippen molar-refractivity contribution in [3.8, 4) is 0 Å². The molecule has 1 heteroatoms. The van der Waals surface area contributed by atoms with Crippen LogP contribution in [0.4, 0.5) is 0 Å². The fourth-order valence-corrected chi connectivity index (χ4v) is 1.22. The van der Waals surface area contributed by atoms with E-state index in [9.17, 15) is 0 Å². The molecule has 1 atom stereocenters. The molecule has 0 bridgehead atoms. The Balaban J connectivity index is 3.05. The van der Waals surface area contributed by atoms with Crippen molar-refractivity contribution in [2.45, 2.75) is 27.7 Å². The van der Waals surface area contributed by atoms with Gasteiger partial charge in [0.2, 0.25) is 0 Å². The van der Waals surface area contributed by atoms with Crippen molar-refractivity contribution >= 4 is 6.21 Å². The van der Waals surface area contributed by atoms with Crippen LogP contribution in [-0.4, -0.2) is 6.21 Å². The van der Waals surface area contributed by atoms with Crippen molar-refractivity contribution in [1.29, 1.82) is 0 Å². The van der Waals surface area contributed by atoms with Crippen molar-refractivity contribution in [2.75, 3.05) is 0 Å². The van der Waals surface area contributed by atoms with E-state index in [0.717, 1.165) is 5.70 Å². The molecule has 0 aromatic heterocycles. The predicted molar refractivity (Wildman–Crippen MR) is 68.1 cm³/mol. The Hall–Kier alpha value is -1.37. The van der Waals surface area contributed by atoms with Gasteiger partial charge < -0.3 is 0 Å². The first kappa shape index (κ1) is 11.7. The number of rotatable bonds is 0. The van der Waals surface area contributed by atoms with Crippen molar-refractivity contribution in [3.63, 3.8) is 0 Å². The van der Waals surface area contributed by atoms with Crippen LogP contribution >= 0.6 is 0 Å². The minimum absolute atomic E-state index is 0.399. The molecule has 0 radical (unpaired) electrons. The number of aliphatic imine (C=N–C) groups is 1. The first-order valence-electron chi connectivity index (χ1n) is 5.34. The zero-order valence-electron chi connectivity index (χ0n) is 9.99. The Labute approximate surface area is 92.6 Å². The van der Waals surface area contributed by atoms with Crippen LogP contribution in [0, 0.1) is 5.92 Å². The monoisotopic (exact) mass is 201 g/mol. The number of hydrogen-bond donors (Lipinski definition) is 0. The molecule has 1 unspecified atom stereocenters. The zero-order chi connectivity index (χ0) is 11.3. The topological polar surface area (TPSA) is 12.4 Å². The van der Waals surface area contributed by atoms with Gasteiger partial charge in [-0.15, -0.1) is 0 Å². The summed E-state index contributed by atoms with van der Waals surface area (Å²) < 4.78 is 0. The van der Waals surface area contributed by atoms with Gasteiger partial charge in [0, 0.05) is 12.1 Å². The summed E-state index contributed by atoms with van der Waals surface area (Å²) in [6.07, 6.45) is 12.3. The summed E-state index contributed by atoms with van der Waals surface area (Å²) in [5.41, 5.74) is 3.63. The molecule has 0 aromatic rings. The molecule has 15 heavy (non-hydrogen) atoms. The molecule has 1 aliphatic heterocycles. The fraction of sp³-hybridized carbons (Fsp3) is 0.357. The van der Waals surface area contributed by atoms with Gasteiger partial charge in [-0.3, -0.25) is 4.99 Å². The average Bonchev–Trinajstić information content (AvgIpc) is 2.20. The van der Waals surface area contributed by atoms with E-state index in [-0.39, 0.29) is 0 Å². The molecule has 0 saturated heterocycles. The second kappa shape index (κ2) is 5.50. The Bertz CT molecular complexity index is 361. The van der Waals surface area contributed by atoms with E-state index in [2.05, 4.69) is 44.8 Å². The third kappa shape index (κ3) is 3.70. The van der Waals surface area contributed by atoms with Gasteiger partial charge in [0.05, 0.1) is 5.70 Å². The molecule has 1 nitrogen and oxygen atoms in total. The Morgan fingerprint density at radius 3 is 2.60 bits per heavy atom. The number of nitrogens with zero attached hydrogens (tertiary/aromatic N) is 1. The van der Waals surface area contributed by atoms with Crippen molar-refractivity contribution in [3.05, 3.63) is 47.2 Å². The smallest absolute Gasteiger partial charge is 0.0612 e. The summed E-state index contributed by atoms with van der Waals surface area (Å²) in [4.78, 5) is 4.51. The number of hydrogen-bond acceptors (Lipinski definition) is 1. The maximum Gasteiger partial charge on any atom is 0.0612 e. The molecule has 0 saturated carbocycles. The highest BCUT2D eigenvalue weighted by atomic mass is 14.7. The van der Waals surface area contributed by atoms with Gasteiger partial charge >= 0.3 is 0 Å². The highest BCUT2D eigenvalue weighted by Crippen LogP contribution is 2.12. The molecule has 1 rings (SSSR count). The van der Waals surface area contributed by atoms with Crippen LogP contribution in [0.15, 0.2) is 52.2 Å². The lowest BCUT2D eigenvalue weighted by Gasteiger charge is -2.06. The molecular formula is C14H19N. The molecule has 0 amide bonds. The Morgan fingerprint density at radius 1 is 1.20 bits per heavy atom. The van der Waals surface area contributed by atoms with Gasteiger partial charge in [0.25, 0.3) is 0 Å². The Kier molecular flexibility index (Phi) is 4.29. The largest absolute Gasteiger partial charge is 0.261 e. The molecule has 0 N–H and O–H groups in total. The van der Waals surface area contributed by atoms with Gasteiger partial charge in [0.1, 0.15) is 0 Å². The van der Waals surface area contributed by atoms with Gasteiger partial charge in [-0.2, -0.15) is 0 Å². The van der Waals surface area contributed by atoms with Crippen LogP contribution in [-0.2, 0) is 0 Å². The maximum atomic E-state index is 4.51. The highest BCUT2D eigenvalue weighted by molar-refractivity contribution is 5.66. The number of allylic oxidation sites excluding steroid dienone is 7. The van der Waals surface area contributed by atoms with Crippen LogP contribution in [0.1, 0.15) is 27.7 Å². The predicted octanol–water partition coefficient (Wildman–Crippen LogP) is 4.06. The van der Waals surface area contributed by atoms with Crippen LogP contribution in [0.5, 0.6) is 0 Å². The van der Waals surface area contributed by atoms with Gasteiger partial charge in [0.15, 0.2) is 0 Å². The second-order valence-corrected chi connectivity index (χ2v) is 4.11. The van der Waals surface area contributed by atoms with E-state index >= 15 is 0 Å². The molecule has 0 spiro atoms. The van der Waals surface area contributed by atoms with E-state index in [1.807, 2.05) is 24.4 Å². The van der Waals surface area contributed by atoms with Gasteiger partial charge in [-0.05, 0) is 26.8 Å². The van der Waals surface area contributed by atoms with E-state index in [4.69, 9.17) is 0 Å². The molecule has 80 valence electrons. The van der Waals surface area contributed by atoms with Crippen molar-refractivity contribution in [1.82, 2.24) is 0 Å². The van der Waals surface area contributed by atoms with Crippen LogP contribution in [0.2, 0.25) is 0 Å². The summed E-state index contributed by atoms with van der Waals surface area (Å²) in [6.45, 7) is 8.46. The first-order valence-corrected chi connectivity index (χ1v) is 5.34. The fourth-order valence-electron chi connectivity index (χ4n) is 1.22. The maximum absolute atomic E-state index is 4.51. The molecule has 1 heterocycles. The summed E-state index contributed by atoms with van der Waals surface area (Å²) in [6, 6.07) is 0. The molecule has 0 aliphatic carbocycles. The van der Waals surface area contributed by atoms with Gasteiger partial charge in [-0.1, -0.05) is 42.4 Å². The van der Waals surface area contributed by atoms with Crippen molar-refractivity contribution in [2.24, 2.45) is 10.9 Å². The zero-order valence-corrected chi connectivity index (χ0v) is 9.99. The molecule has 0 fully saturated rings. The van der Waals surface area contributed by atoms with E-state index in [1.165, 1.54) is 11.1 Å². The van der Waals surface area contributed by atoms with E-state index < -0.39 is 0 Å². The average molecular weight is 201 g/mol. The summed E-state index contributed by atoms with van der Waals surface area (Å²) in [5, 5.41) is 0. The van der Waals surface area contributed by atoms with Crippen LogP contribution in [0.3, 0.4) is 0 Å². The first-order chi connectivity index (χ1) is 7.11. The molecule has 0 aromatic carbocycles. The van der Waals surface area contributed by atoms with E-state index in [0.29, 0.717) is 5.92 Å². The minimum Gasteiger partial charge on any atom is -0.261 e. The second-order valence-electron chi connectivity index (χ2n) is 4.11. The lowest BCUT2D eigenvalue weighted by atomic mass is 10.0. The lowest BCUT2D eigenvalue weighted by molar-refractivity contribution is 0.932. The SMILES string of the molecule is CC(C)=C1\C=C/C=C\C=C(\C)C(C)C=N1. The normalized spacial score (nSPS) is 29.2. The molecular weight excluding hydrogens is 182 g/mol. The molecule has 1 aliphatic rings. The van der Waals surface area contributed by atoms with Crippen LogP contribution in [0.25, 0.3) is 0 Å². The summed E-state index contributed by atoms with van der Waals surface area (Å²) in [7, 11) is 0. The Morgan fingerprint density at radius 2 is 1.93 bits per heavy atom. The van der Waals surface area contributed by atoms with Crippen molar-refractivity contribution < 1.29 is 0 Å². The third-order valence-corrected chi connectivity index (χ3v) is 2.50. The van der Waals surface area contributed by atoms with E-state index in [1.54, 1.807) is 0 Å². The quantitative estimate of drug-likeness (QED) is 0.560.